The molecule has 0 N–H and O–H groups in total. The first-order valence-electron chi connectivity index (χ1n) is 6.33. The summed E-state index contributed by atoms with van der Waals surface area (Å²) < 4.78 is 15.4. The van der Waals surface area contributed by atoms with Crippen molar-refractivity contribution in [3.05, 3.63) is 0 Å². The number of carbonyl (C=O) groups is 2. The van der Waals surface area contributed by atoms with Gasteiger partial charge in [-0.1, -0.05) is 0 Å². The highest BCUT2D eigenvalue weighted by Gasteiger charge is 2.24. The van der Waals surface area contributed by atoms with Crippen LogP contribution in [0.5, 0.6) is 0 Å². The number of carbonyl (C=O) groups excluding carboxylic acids is 2. The molecule has 0 aromatic heterocycles. The molecule has 5 heteroatoms. The largest absolute Gasteiger partial charge is 0.466 e. The number of rotatable bonds is 10. The molecule has 0 fully saturated rings. The molecule has 0 aromatic rings. The number of ketones is 1. The van der Waals surface area contributed by atoms with Crippen LogP contribution >= 0.6 is 0 Å². The van der Waals surface area contributed by atoms with Gasteiger partial charge in [0.25, 0.3) is 0 Å². The molecular weight excluding hydrogens is 236 g/mol. The third-order valence-corrected chi connectivity index (χ3v) is 2.65. The second-order valence-corrected chi connectivity index (χ2v) is 4.11. The average Bonchev–Trinajstić information content (AvgIpc) is 2.35. The van der Waals surface area contributed by atoms with Crippen LogP contribution < -0.4 is 0 Å². The summed E-state index contributed by atoms with van der Waals surface area (Å²) in [7, 11) is 1.55. The van der Waals surface area contributed by atoms with Gasteiger partial charge in [0.2, 0.25) is 0 Å². The zero-order valence-corrected chi connectivity index (χ0v) is 11.8. The molecule has 0 saturated heterocycles. The Kier molecular flexibility index (Phi) is 8.58. The van der Waals surface area contributed by atoms with Crippen LogP contribution in [0.4, 0.5) is 0 Å². The smallest absolute Gasteiger partial charge is 0.306 e. The predicted octanol–water partition coefficient (Wildman–Crippen LogP) is 2.08. The maximum Gasteiger partial charge on any atom is 0.306 e. The SMILES string of the molecule is CCOC(=O)CCC(=O)CCC(C)(OC)OCC. The van der Waals surface area contributed by atoms with Crippen molar-refractivity contribution in [2.24, 2.45) is 0 Å². The standard InChI is InChI=1S/C13H24O5/c1-5-17-12(15)8-7-11(14)9-10-13(3,16-4)18-6-2/h5-10H2,1-4H3. The van der Waals surface area contributed by atoms with Crippen molar-refractivity contribution < 1.29 is 23.8 Å². The fourth-order valence-corrected chi connectivity index (χ4v) is 1.50. The number of hydrogen-bond acceptors (Lipinski definition) is 5. The van der Waals surface area contributed by atoms with E-state index in [2.05, 4.69) is 0 Å². The lowest BCUT2D eigenvalue weighted by Gasteiger charge is -2.27. The Morgan fingerprint density at radius 2 is 1.72 bits per heavy atom. The summed E-state index contributed by atoms with van der Waals surface area (Å²) in [6, 6.07) is 0. The third kappa shape index (κ3) is 7.40. The Labute approximate surface area is 109 Å². The van der Waals surface area contributed by atoms with Gasteiger partial charge in [-0.3, -0.25) is 9.59 Å². The lowest BCUT2D eigenvalue weighted by Crippen LogP contribution is -2.31. The van der Waals surface area contributed by atoms with E-state index in [9.17, 15) is 9.59 Å². The second-order valence-electron chi connectivity index (χ2n) is 4.11. The topological polar surface area (TPSA) is 61.8 Å². The van der Waals surface area contributed by atoms with Gasteiger partial charge in [0.15, 0.2) is 5.79 Å². The van der Waals surface area contributed by atoms with Crippen LogP contribution in [0, 0.1) is 0 Å². The van der Waals surface area contributed by atoms with Crippen LogP contribution in [0.3, 0.4) is 0 Å². The highest BCUT2D eigenvalue weighted by atomic mass is 16.7. The number of esters is 1. The minimum Gasteiger partial charge on any atom is -0.466 e. The van der Waals surface area contributed by atoms with Crippen LogP contribution in [0.1, 0.15) is 46.5 Å². The molecule has 18 heavy (non-hydrogen) atoms. The van der Waals surface area contributed by atoms with Crippen molar-refractivity contribution in [1.82, 2.24) is 0 Å². The molecule has 1 unspecified atom stereocenters. The molecule has 0 bridgehead atoms. The molecule has 5 nitrogen and oxygen atoms in total. The minimum absolute atomic E-state index is 0.0195. The Balaban J connectivity index is 3.91. The van der Waals surface area contributed by atoms with E-state index in [4.69, 9.17) is 14.2 Å². The maximum absolute atomic E-state index is 11.6. The molecule has 0 amide bonds. The molecule has 0 heterocycles. The lowest BCUT2D eigenvalue weighted by atomic mass is 10.1. The first kappa shape index (κ1) is 17.1. The second kappa shape index (κ2) is 9.05. The summed E-state index contributed by atoms with van der Waals surface area (Å²) in [5.74, 6) is -1.04. The molecule has 0 aliphatic carbocycles. The van der Waals surface area contributed by atoms with Gasteiger partial charge < -0.3 is 14.2 Å². The molecule has 0 saturated carbocycles. The van der Waals surface area contributed by atoms with E-state index in [1.807, 2.05) is 6.92 Å². The quantitative estimate of drug-likeness (QED) is 0.444. The van der Waals surface area contributed by atoms with Crippen LogP contribution in [-0.2, 0) is 23.8 Å². The molecule has 0 radical (unpaired) electrons. The summed E-state index contributed by atoms with van der Waals surface area (Å²) >= 11 is 0. The highest BCUT2D eigenvalue weighted by molar-refractivity contribution is 5.82. The molecule has 0 aliphatic heterocycles. The first-order valence-corrected chi connectivity index (χ1v) is 6.33. The van der Waals surface area contributed by atoms with Gasteiger partial charge in [-0.2, -0.15) is 0 Å². The summed E-state index contributed by atoms with van der Waals surface area (Å²) in [6.07, 6.45) is 1.18. The van der Waals surface area contributed by atoms with Crippen molar-refractivity contribution in [2.75, 3.05) is 20.3 Å². The van der Waals surface area contributed by atoms with Gasteiger partial charge in [-0.25, -0.2) is 0 Å². The summed E-state index contributed by atoms with van der Waals surface area (Å²) in [5.41, 5.74) is 0. The fraction of sp³-hybridized carbons (Fsp3) is 0.846. The average molecular weight is 260 g/mol. The van der Waals surface area contributed by atoms with Gasteiger partial charge in [-0.15, -0.1) is 0 Å². The van der Waals surface area contributed by atoms with E-state index in [1.54, 1.807) is 21.0 Å². The van der Waals surface area contributed by atoms with E-state index in [1.165, 1.54) is 0 Å². The van der Waals surface area contributed by atoms with Crippen LogP contribution in [-0.4, -0.2) is 37.9 Å². The lowest BCUT2D eigenvalue weighted by molar-refractivity contribution is -0.211. The third-order valence-electron chi connectivity index (χ3n) is 2.65. The van der Waals surface area contributed by atoms with Crippen molar-refractivity contribution >= 4 is 11.8 Å². The monoisotopic (exact) mass is 260 g/mol. The molecular formula is C13H24O5. The Morgan fingerprint density at radius 1 is 1.06 bits per heavy atom. The molecule has 0 spiro atoms. The van der Waals surface area contributed by atoms with Crippen molar-refractivity contribution in [2.45, 2.75) is 52.2 Å². The zero-order valence-electron chi connectivity index (χ0n) is 11.8. The number of hydrogen-bond donors (Lipinski definition) is 0. The van der Waals surface area contributed by atoms with Crippen LogP contribution in [0.25, 0.3) is 0 Å². The Bertz CT molecular complexity index is 264. The van der Waals surface area contributed by atoms with Crippen molar-refractivity contribution in [3.8, 4) is 0 Å². The number of ether oxygens (including phenoxy) is 3. The zero-order chi connectivity index (χ0) is 14.0. The molecule has 0 aromatic carbocycles. The summed E-state index contributed by atoms with van der Waals surface area (Å²) in [4.78, 5) is 22.7. The van der Waals surface area contributed by atoms with Crippen LogP contribution in [0.15, 0.2) is 0 Å². The van der Waals surface area contributed by atoms with Crippen molar-refractivity contribution in [1.29, 1.82) is 0 Å². The van der Waals surface area contributed by atoms with Gasteiger partial charge in [-0.05, 0) is 20.8 Å². The van der Waals surface area contributed by atoms with Gasteiger partial charge in [0, 0.05) is 33.0 Å². The number of Topliss-reactive ketones (excluding diaryl/α,β-unsaturated/α-hetero) is 1. The van der Waals surface area contributed by atoms with E-state index in [0.717, 1.165) is 0 Å². The van der Waals surface area contributed by atoms with Gasteiger partial charge in [0.05, 0.1) is 13.0 Å². The Hall–Kier alpha value is -0.940. The molecule has 1 atom stereocenters. The normalized spacial score (nSPS) is 14.0. The van der Waals surface area contributed by atoms with Gasteiger partial charge >= 0.3 is 5.97 Å². The van der Waals surface area contributed by atoms with E-state index in [-0.39, 0.29) is 24.6 Å². The Morgan fingerprint density at radius 3 is 2.22 bits per heavy atom. The van der Waals surface area contributed by atoms with E-state index in [0.29, 0.717) is 26.1 Å². The van der Waals surface area contributed by atoms with Crippen molar-refractivity contribution in [3.63, 3.8) is 0 Å². The number of methoxy groups -OCH3 is 1. The van der Waals surface area contributed by atoms with Gasteiger partial charge in [0.1, 0.15) is 5.78 Å². The van der Waals surface area contributed by atoms with E-state index < -0.39 is 5.79 Å². The van der Waals surface area contributed by atoms with E-state index >= 15 is 0 Å². The van der Waals surface area contributed by atoms with Crippen LogP contribution in [0.2, 0.25) is 0 Å². The summed E-state index contributed by atoms with van der Waals surface area (Å²) in [6.45, 7) is 6.29. The fourth-order valence-electron chi connectivity index (χ4n) is 1.50. The highest BCUT2D eigenvalue weighted by Crippen LogP contribution is 2.19. The molecule has 0 aliphatic rings. The molecule has 0 rings (SSSR count). The summed E-state index contributed by atoms with van der Waals surface area (Å²) in [5, 5.41) is 0. The first-order chi connectivity index (χ1) is 8.47. The maximum atomic E-state index is 11.6. The minimum atomic E-state index is -0.728. The predicted molar refractivity (Wildman–Crippen MR) is 67.1 cm³/mol. The molecule has 106 valence electrons.